The SMILES string of the molecule is COc1cccc(C(=O)N(C)c2ccc(C)cc2C)c1O. The van der Waals surface area contributed by atoms with E-state index in [2.05, 4.69) is 0 Å². The van der Waals surface area contributed by atoms with Gasteiger partial charge in [-0.3, -0.25) is 4.79 Å². The van der Waals surface area contributed by atoms with Gasteiger partial charge in [0.15, 0.2) is 11.5 Å². The fourth-order valence-corrected chi connectivity index (χ4v) is 2.33. The number of aromatic hydroxyl groups is 1. The number of phenols is 1. The molecule has 0 aliphatic rings. The van der Waals surface area contributed by atoms with E-state index in [9.17, 15) is 9.90 Å². The summed E-state index contributed by atoms with van der Waals surface area (Å²) in [6, 6.07) is 10.8. The third kappa shape index (κ3) is 2.84. The summed E-state index contributed by atoms with van der Waals surface area (Å²) < 4.78 is 5.04. The first kappa shape index (κ1) is 14.9. The van der Waals surface area contributed by atoms with Crippen molar-refractivity contribution in [2.45, 2.75) is 13.8 Å². The Hall–Kier alpha value is -2.49. The van der Waals surface area contributed by atoms with Crippen LogP contribution in [0.1, 0.15) is 21.5 Å². The van der Waals surface area contributed by atoms with Gasteiger partial charge in [0.05, 0.1) is 12.7 Å². The molecule has 2 rings (SSSR count). The first-order chi connectivity index (χ1) is 9.95. The van der Waals surface area contributed by atoms with E-state index in [1.807, 2.05) is 32.0 Å². The second-order valence-corrected chi connectivity index (χ2v) is 5.01. The van der Waals surface area contributed by atoms with Crippen LogP contribution in [0.2, 0.25) is 0 Å². The molecule has 0 radical (unpaired) electrons. The van der Waals surface area contributed by atoms with Crippen molar-refractivity contribution in [1.82, 2.24) is 0 Å². The minimum atomic E-state index is -0.279. The highest BCUT2D eigenvalue weighted by molar-refractivity contribution is 6.08. The van der Waals surface area contributed by atoms with E-state index >= 15 is 0 Å². The maximum absolute atomic E-state index is 12.6. The molecule has 0 bridgehead atoms. The van der Waals surface area contributed by atoms with Gasteiger partial charge >= 0.3 is 0 Å². The molecule has 0 aliphatic carbocycles. The van der Waals surface area contributed by atoms with Crippen molar-refractivity contribution in [3.63, 3.8) is 0 Å². The fraction of sp³-hybridized carbons (Fsp3) is 0.235. The molecule has 0 aliphatic heterocycles. The largest absolute Gasteiger partial charge is 0.504 e. The van der Waals surface area contributed by atoms with E-state index in [1.165, 1.54) is 12.0 Å². The van der Waals surface area contributed by atoms with Crippen molar-refractivity contribution in [3.8, 4) is 11.5 Å². The molecule has 1 N–H and O–H groups in total. The Labute approximate surface area is 124 Å². The molecule has 21 heavy (non-hydrogen) atoms. The molecule has 2 aromatic carbocycles. The molecule has 4 nitrogen and oxygen atoms in total. The van der Waals surface area contributed by atoms with E-state index in [1.54, 1.807) is 25.2 Å². The van der Waals surface area contributed by atoms with Crippen LogP contribution in [0.5, 0.6) is 11.5 Å². The second kappa shape index (κ2) is 5.87. The van der Waals surface area contributed by atoms with E-state index in [0.717, 1.165) is 16.8 Å². The molecule has 0 heterocycles. The van der Waals surface area contributed by atoms with Gasteiger partial charge in [-0.2, -0.15) is 0 Å². The number of aryl methyl sites for hydroxylation is 2. The van der Waals surface area contributed by atoms with E-state index in [4.69, 9.17) is 4.74 Å². The highest BCUT2D eigenvalue weighted by Gasteiger charge is 2.20. The molecule has 0 spiro atoms. The predicted octanol–water partition coefficient (Wildman–Crippen LogP) is 3.29. The fourth-order valence-electron chi connectivity index (χ4n) is 2.33. The maximum Gasteiger partial charge on any atom is 0.261 e. The lowest BCUT2D eigenvalue weighted by Gasteiger charge is -2.21. The molecule has 2 aromatic rings. The van der Waals surface area contributed by atoms with Crippen LogP contribution in [0.15, 0.2) is 36.4 Å². The van der Waals surface area contributed by atoms with Crippen LogP contribution in [-0.4, -0.2) is 25.2 Å². The number of anilines is 1. The Kier molecular flexibility index (Phi) is 4.17. The molecule has 0 saturated heterocycles. The molecule has 0 unspecified atom stereocenters. The Morgan fingerprint density at radius 1 is 1.19 bits per heavy atom. The summed E-state index contributed by atoms with van der Waals surface area (Å²) in [5, 5.41) is 10.1. The lowest BCUT2D eigenvalue weighted by Crippen LogP contribution is -2.27. The molecule has 0 fully saturated rings. The summed E-state index contributed by atoms with van der Waals surface area (Å²) in [6.07, 6.45) is 0. The number of hydrogen-bond acceptors (Lipinski definition) is 3. The van der Waals surface area contributed by atoms with Crippen molar-refractivity contribution in [1.29, 1.82) is 0 Å². The number of rotatable bonds is 3. The molecular weight excluding hydrogens is 266 g/mol. The predicted molar refractivity (Wildman–Crippen MR) is 83.3 cm³/mol. The van der Waals surface area contributed by atoms with Gasteiger partial charge in [0.2, 0.25) is 0 Å². The van der Waals surface area contributed by atoms with E-state index in [0.29, 0.717) is 0 Å². The molecule has 0 saturated carbocycles. The lowest BCUT2D eigenvalue weighted by molar-refractivity contribution is 0.0989. The summed E-state index contributed by atoms with van der Waals surface area (Å²) in [5.41, 5.74) is 3.18. The van der Waals surface area contributed by atoms with Crippen LogP contribution in [0, 0.1) is 13.8 Å². The summed E-state index contributed by atoms with van der Waals surface area (Å²) in [6.45, 7) is 3.96. The average molecular weight is 285 g/mol. The number of amides is 1. The van der Waals surface area contributed by atoms with Gasteiger partial charge in [0.25, 0.3) is 5.91 Å². The van der Waals surface area contributed by atoms with Crippen LogP contribution in [0.25, 0.3) is 0 Å². The Morgan fingerprint density at radius 2 is 1.90 bits per heavy atom. The number of carbonyl (C=O) groups excluding carboxylic acids is 1. The van der Waals surface area contributed by atoms with Gasteiger partial charge in [-0.05, 0) is 37.6 Å². The summed E-state index contributed by atoms with van der Waals surface area (Å²) in [4.78, 5) is 14.1. The van der Waals surface area contributed by atoms with E-state index < -0.39 is 0 Å². The van der Waals surface area contributed by atoms with Gasteiger partial charge in [-0.15, -0.1) is 0 Å². The van der Waals surface area contributed by atoms with Crippen LogP contribution < -0.4 is 9.64 Å². The highest BCUT2D eigenvalue weighted by atomic mass is 16.5. The van der Waals surface area contributed by atoms with Gasteiger partial charge in [0.1, 0.15) is 0 Å². The lowest BCUT2D eigenvalue weighted by atomic mass is 10.1. The standard InChI is InChI=1S/C17H19NO3/c1-11-8-9-14(12(2)10-11)18(3)17(20)13-6-5-7-15(21-4)16(13)19/h5-10,19H,1-4H3. The second-order valence-electron chi connectivity index (χ2n) is 5.01. The number of para-hydroxylation sites is 1. The quantitative estimate of drug-likeness (QED) is 0.941. The topological polar surface area (TPSA) is 49.8 Å². The monoisotopic (exact) mass is 285 g/mol. The van der Waals surface area contributed by atoms with Gasteiger partial charge in [0, 0.05) is 12.7 Å². The van der Waals surface area contributed by atoms with Crippen molar-refractivity contribution in [3.05, 3.63) is 53.1 Å². The van der Waals surface area contributed by atoms with Crippen molar-refractivity contribution in [2.24, 2.45) is 0 Å². The summed E-state index contributed by atoms with van der Waals surface area (Å²) in [7, 11) is 3.15. The summed E-state index contributed by atoms with van der Waals surface area (Å²) >= 11 is 0. The van der Waals surface area contributed by atoms with Crippen molar-refractivity contribution in [2.75, 3.05) is 19.1 Å². The zero-order valence-corrected chi connectivity index (χ0v) is 12.7. The van der Waals surface area contributed by atoms with Crippen LogP contribution in [0.3, 0.4) is 0 Å². The number of hydrogen-bond donors (Lipinski definition) is 1. The van der Waals surface area contributed by atoms with Gasteiger partial charge in [-0.1, -0.05) is 23.8 Å². The molecule has 0 aromatic heterocycles. The molecule has 0 atom stereocenters. The van der Waals surface area contributed by atoms with E-state index in [-0.39, 0.29) is 23.0 Å². The van der Waals surface area contributed by atoms with Crippen molar-refractivity contribution < 1.29 is 14.6 Å². The molecule has 110 valence electrons. The Balaban J connectivity index is 2.40. The third-order valence-corrected chi connectivity index (χ3v) is 3.47. The number of carbonyl (C=O) groups is 1. The zero-order chi connectivity index (χ0) is 15.6. The van der Waals surface area contributed by atoms with Crippen LogP contribution in [0.4, 0.5) is 5.69 Å². The van der Waals surface area contributed by atoms with Crippen LogP contribution in [-0.2, 0) is 0 Å². The minimum Gasteiger partial charge on any atom is -0.504 e. The number of phenolic OH excluding ortho intramolecular Hbond substituents is 1. The number of ether oxygens (including phenoxy) is 1. The summed E-state index contributed by atoms with van der Waals surface area (Å²) in [5.74, 6) is -0.130. The highest BCUT2D eigenvalue weighted by Crippen LogP contribution is 2.31. The third-order valence-electron chi connectivity index (χ3n) is 3.47. The van der Waals surface area contributed by atoms with Gasteiger partial charge < -0.3 is 14.7 Å². The number of methoxy groups -OCH3 is 1. The first-order valence-electron chi connectivity index (χ1n) is 6.67. The minimum absolute atomic E-state index is 0.137. The molecular formula is C17H19NO3. The molecule has 4 heteroatoms. The zero-order valence-electron chi connectivity index (χ0n) is 12.7. The maximum atomic E-state index is 12.6. The number of benzene rings is 2. The smallest absolute Gasteiger partial charge is 0.261 e. The first-order valence-corrected chi connectivity index (χ1v) is 6.67. The van der Waals surface area contributed by atoms with Crippen LogP contribution >= 0.6 is 0 Å². The average Bonchev–Trinajstić information content (AvgIpc) is 2.46. The van der Waals surface area contributed by atoms with Gasteiger partial charge in [-0.25, -0.2) is 0 Å². The molecule has 1 amide bonds. The number of nitrogens with zero attached hydrogens (tertiary/aromatic N) is 1. The van der Waals surface area contributed by atoms with Crippen molar-refractivity contribution >= 4 is 11.6 Å². The Morgan fingerprint density at radius 3 is 2.52 bits per heavy atom. The Bertz CT molecular complexity index is 680. The normalized spacial score (nSPS) is 10.3.